The molecule has 0 amide bonds. The van der Waals surface area contributed by atoms with Gasteiger partial charge in [0.1, 0.15) is 0 Å². The lowest BCUT2D eigenvalue weighted by molar-refractivity contribution is -0.137. The number of alkyl halides is 3. The molecule has 1 aromatic rings. The van der Waals surface area contributed by atoms with Gasteiger partial charge >= 0.3 is 6.18 Å². The number of nitrogens with zero attached hydrogens (tertiary/aromatic N) is 1. The summed E-state index contributed by atoms with van der Waals surface area (Å²) in [5, 5.41) is 0. The second kappa shape index (κ2) is 7.16. The molecule has 0 aliphatic carbocycles. The predicted molar refractivity (Wildman–Crippen MR) is 81.5 cm³/mol. The zero-order valence-corrected chi connectivity index (χ0v) is 13.2. The van der Waals surface area contributed by atoms with Crippen molar-refractivity contribution in [2.75, 3.05) is 18.0 Å². The Balaban J connectivity index is 3.24. The fraction of sp³-hybridized carbons (Fsp3) is 0.625. The first-order valence-electron chi connectivity index (χ1n) is 7.35. The Hall–Kier alpha value is -1.23. The van der Waals surface area contributed by atoms with E-state index >= 15 is 0 Å². The molecule has 1 unspecified atom stereocenters. The SMILES string of the molecule is CCN(CC(C)C)c1ccc(CC(C)N)cc1C(F)(F)F. The van der Waals surface area contributed by atoms with Crippen LogP contribution >= 0.6 is 0 Å². The van der Waals surface area contributed by atoms with Gasteiger partial charge in [0.05, 0.1) is 5.56 Å². The van der Waals surface area contributed by atoms with E-state index in [0.29, 0.717) is 31.0 Å². The van der Waals surface area contributed by atoms with Crippen LogP contribution in [-0.2, 0) is 12.6 Å². The largest absolute Gasteiger partial charge is 0.418 e. The standard InChI is InChI=1S/C16H25F3N2/c1-5-21(10-11(2)3)15-7-6-13(8-12(4)20)9-14(15)16(17,18)19/h6-7,9,11-12H,5,8,10,20H2,1-4H3. The van der Waals surface area contributed by atoms with E-state index in [1.165, 1.54) is 6.07 Å². The molecule has 1 aromatic carbocycles. The minimum absolute atomic E-state index is 0.158. The van der Waals surface area contributed by atoms with Crippen molar-refractivity contribution >= 4 is 5.69 Å². The third-order valence-corrected chi connectivity index (χ3v) is 3.23. The molecule has 0 bridgehead atoms. The Labute approximate surface area is 125 Å². The van der Waals surface area contributed by atoms with E-state index in [9.17, 15) is 13.2 Å². The van der Waals surface area contributed by atoms with Crippen LogP contribution in [0.25, 0.3) is 0 Å². The van der Waals surface area contributed by atoms with Crippen LogP contribution in [0.4, 0.5) is 18.9 Å². The predicted octanol–water partition coefficient (Wildman–Crippen LogP) is 4.08. The number of rotatable bonds is 6. The normalized spacial score (nSPS) is 13.6. The van der Waals surface area contributed by atoms with Crippen molar-refractivity contribution < 1.29 is 13.2 Å². The van der Waals surface area contributed by atoms with E-state index in [4.69, 9.17) is 5.73 Å². The minimum Gasteiger partial charge on any atom is -0.371 e. The van der Waals surface area contributed by atoms with Crippen LogP contribution in [0.5, 0.6) is 0 Å². The highest BCUT2D eigenvalue weighted by atomic mass is 19.4. The van der Waals surface area contributed by atoms with Crippen LogP contribution < -0.4 is 10.6 Å². The molecule has 0 heterocycles. The summed E-state index contributed by atoms with van der Waals surface area (Å²) in [4.78, 5) is 1.78. The summed E-state index contributed by atoms with van der Waals surface area (Å²) < 4.78 is 40.0. The lowest BCUT2D eigenvalue weighted by Crippen LogP contribution is -2.29. The molecule has 2 N–H and O–H groups in total. The summed E-state index contributed by atoms with van der Waals surface area (Å²) in [6.45, 7) is 8.82. The van der Waals surface area contributed by atoms with Crippen LogP contribution in [0, 0.1) is 5.92 Å². The second-order valence-electron chi connectivity index (χ2n) is 5.96. The third kappa shape index (κ3) is 5.23. The second-order valence-corrected chi connectivity index (χ2v) is 5.96. The quantitative estimate of drug-likeness (QED) is 0.858. The Kier molecular flexibility index (Phi) is 6.08. The summed E-state index contributed by atoms with van der Waals surface area (Å²) in [5.74, 6) is 0.301. The molecule has 21 heavy (non-hydrogen) atoms. The molecule has 0 aromatic heterocycles. The first-order chi connectivity index (χ1) is 9.65. The maximum Gasteiger partial charge on any atom is 0.418 e. The number of hydrogen-bond acceptors (Lipinski definition) is 2. The highest BCUT2D eigenvalue weighted by Crippen LogP contribution is 2.37. The van der Waals surface area contributed by atoms with Crippen molar-refractivity contribution in [2.24, 2.45) is 11.7 Å². The monoisotopic (exact) mass is 302 g/mol. The van der Waals surface area contributed by atoms with Gasteiger partial charge in [-0.05, 0) is 43.9 Å². The molecule has 1 atom stereocenters. The first-order valence-corrected chi connectivity index (χ1v) is 7.35. The lowest BCUT2D eigenvalue weighted by Gasteiger charge is -2.28. The lowest BCUT2D eigenvalue weighted by atomic mass is 10.0. The number of hydrogen-bond donors (Lipinski definition) is 1. The average molecular weight is 302 g/mol. The van der Waals surface area contributed by atoms with E-state index in [0.717, 1.165) is 0 Å². The molecular weight excluding hydrogens is 277 g/mol. The van der Waals surface area contributed by atoms with Crippen molar-refractivity contribution in [2.45, 2.75) is 46.3 Å². The van der Waals surface area contributed by atoms with E-state index < -0.39 is 11.7 Å². The molecule has 0 fully saturated rings. The minimum atomic E-state index is -4.35. The van der Waals surface area contributed by atoms with Gasteiger partial charge in [0.25, 0.3) is 0 Å². The van der Waals surface area contributed by atoms with E-state index in [2.05, 4.69) is 0 Å². The average Bonchev–Trinajstić information content (AvgIpc) is 2.34. The van der Waals surface area contributed by atoms with Crippen LogP contribution in [0.3, 0.4) is 0 Å². The highest BCUT2D eigenvalue weighted by molar-refractivity contribution is 5.56. The van der Waals surface area contributed by atoms with Crippen molar-refractivity contribution in [1.82, 2.24) is 0 Å². The Morgan fingerprint density at radius 2 is 1.81 bits per heavy atom. The number of benzene rings is 1. The Bertz CT molecular complexity index is 453. The van der Waals surface area contributed by atoms with Gasteiger partial charge in [0.15, 0.2) is 0 Å². The van der Waals surface area contributed by atoms with E-state index in [-0.39, 0.29) is 11.7 Å². The van der Waals surface area contributed by atoms with Crippen LogP contribution in [0.15, 0.2) is 18.2 Å². The maximum atomic E-state index is 13.3. The molecule has 1 rings (SSSR count). The van der Waals surface area contributed by atoms with Gasteiger partial charge in [0.2, 0.25) is 0 Å². The van der Waals surface area contributed by atoms with Gasteiger partial charge in [-0.2, -0.15) is 13.2 Å². The zero-order valence-electron chi connectivity index (χ0n) is 13.2. The fourth-order valence-corrected chi connectivity index (χ4v) is 2.42. The summed E-state index contributed by atoms with van der Waals surface area (Å²) in [7, 11) is 0. The molecule has 0 saturated heterocycles. The summed E-state index contributed by atoms with van der Waals surface area (Å²) in [6, 6.07) is 4.40. The van der Waals surface area contributed by atoms with Gasteiger partial charge < -0.3 is 10.6 Å². The molecule has 120 valence electrons. The molecule has 0 saturated carbocycles. The van der Waals surface area contributed by atoms with E-state index in [1.807, 2.05) is 20.8 Å². The van der Waals surface area contributed by atoms with Crippen molar-refractivity contribution in [3.8, 4) is 0 Å². The van der Waals surface area contributed by atoms with Crippen molar-refractivity contribution in [3.63, 3.8) is 0 Å². The number of anilines is 1. The molecule has 0 radical (unpaired) electrons. The number of nitrogens with two attached hydrogens (primary N) is 1. The van der Waals surface area contributed by atoms with Crippen LogP contribution in [0.2, 0.25) is 0 Å². The molecule has 0 aliphatic rings. The van der Waals surface area contributed by atoms with Gasteiger partial charge in [-0.3, -0.25) is 0 Å². The van der Waals surface area contributed by atoms with Crippen LogP contribution in [0.1, 0.15) is 38.8 Å². The molecule has 5 heteroatoms. The third-order valence-electron chi connectivity index (χ3n) is 3.23. The smallest absolute Gasteiger partial charge is 0.371 e. The first kappa shape index (κ1) is 17.8. The molecule has 0 aliphatic heterocycles. The molecule has 2 nitrogen and oxygen atoms in total. The molecule has 0 spiro atoms. The van der Waals surface area contributed by atoms with Gasteiger partial charge in [0, 0.05) is 24.8 Å². The summed E-state index contributed by atoms with van der Waals surface area (Å²) in [5.41, 5.74) is 6.00. The number of halogens is 3. The zero-order chi connectivity index (χ0) is 16.2. The van der Waals surface area contributed by atoms with E-state index in [1.54, 1.807) is 24.0 Å². The topological polar surface area (TPSA) is 29.3 Å². The van der Waals surface area contributed by atoms with Crippen LogP contribution in [-0.4, -0.2) is 19.1 Å². The van der Waals surface area contributed by atoms with Gasteiger partial charge in [-0.1, -0.05) is 19.9 Å². The van der Waals surface area contributed by atoms with Crippen molar-refractivity contribution in [1.29, 1.82) is 0 Å². The fourth-order valence-electron chi connectivity index (χ4n) is 2.42. The Morgan fingerprint density at radius 1 is 1.19 bits per heavy atom. The van der Waals surface area contributed by atoms with Crippen molar-refractivity contribution in [3.05, 3.63) is 29.3 Å². The van der Waals surface area contributed by atoms with Gasteiger partial charge in [-0.25, -0.2) is 0 Å². The highest BCUT2D eigenvalue weighted by Gasteiger charge is 2.35. The molecular formula is C16H25F3N2. The summed E-state index contributed by atoms with van der Waals surface area (Å²) in [6.07, 6.45) is -3.91. The maximum absolute atomic E-state index is 13.3. The van der Waals surface area contributed by atoms with Gasteiger partial charge in [-0.15, -0.1) is 0 Å². The summed E-state index contributed by atoms with van der Waals surface area (Å²) >= 11 is 0. The Morgan fingerprint density at radius 3 is 2.24 bits per heavy atom.